The molecule has 0 fully saturated rings. The normalized spacial score (nSPS) is 12.1. The van der Waals surface area contributed by atoms with Gasteiger partial charge in [-0.25, -0.2) is 0 Å². The van der Waals surface area contributed by atoms with Gasteiger partial charge < -0.3 is 15.8 Å². The molecule has 0 radical (unpaired) electrons. The van der Waals surface area contributed by atoms with Crippen LogP contribution in [0.4, 0.5) is 11.4 Å². The molecule has 0 unspecified atom stereocenters. The molecule has 4 aromatic carbocycles. The van der Waals surface area contributed by atoms with Gasteiger partial charge in [-0.05, 0) is 64.6 Å². The van der Waals surface area contributed by atoms with Gasteiger partial charge in [0, 0.05) is 16.6 Å². The number of anilines is 2. The Bertz CT molecular complexity index is 1280. The third-order valence-corrected chi connectivity index (χ3v) is 7.00. The van der Waals surface area contributed by atoms with Crippen molar-refractivity contribution in [1.82, 2.24) is 0 Å². The molecule has 4 rings (SSSR count). The molecule has 0 aromatic heterocycles. The topological polar surface area (TPSA) is 64.3 Å². The number of nitrogens with one attached hydrogen (secondary N) is 1. The minimum absolute atomic E-state index is 0.257. The summed E-state index contributed by atoms with van der Waals surface area (Å²) in [6, 6.07) is 30.3. The summed E-state index contributed by atoms with van der Waals surface area (Å²) >= 11 is 12.4. The first-order chi connectivity index (χ1) is 17.4. The van der Waals surface area contributed by atoms with Crippen molar-refractivity contribution in [3.05, 3.63) is 129 Å². The summed E-state index contributed by atoms with van der Waals surface area (Å²) < 4.78 is 5.41. The third-order valence-electron chi connectivity index (χ3n) is 6.50. The number of carbonyl (C=O) groups excluding carboxylic acids is 1. The van der Waals surface area contributed by atoms with E-state index < -0.39 is 11.4 Å². The highest BCUT2D eigenvalue weighted by Gasteiger charge is 2.45. The maximum atomic E-state index is 13.7. The lowest BCUT2D eigenvalue weighted by atomic mass is 9.69. The van der Waals surface area contributed by atoms with Gasteiger partial charge in [0.1, 0.15) is 5.41 Å². The SMILES string of the molecule is COC(=O)C(c1ccc(Cl)cc1)(c1ccc(Cl)cc1)c1ccc(N)c(NC[C@@H](C)c2ccccc2)c1. The number of esters is 1. The van der Waals surface area contributed by atoms with Gasteiger partial charge >= 0.3 is 5.97 Å². The molecule has 0 amide bonds. The Morgan fingerprint density at radius 1 is 0.861 bits per heavy atom. The fourth-order valence-corrected chi connectivity index (χ4v) is 4.76. The van der Waals surface area contributed by atoms with Crippen LogP contribution in [0.15, 0.2) is 97.1 Å². The summed E-state index contributed by atoms with van der Waals surface area (Å²) in [5, 5.41) is 4.63. The van der Waals surface area contributed by atoms with E-state index in [4.69, 9.17) is 33.7 Å². The van der Waals surface area contributed by atoms with E-state index in [1.807, 2.05) is 60.7 Å². The van der Waals surface area contributed by atoms with E-state index in [1.54, 1.807) is 24.3 Å². The van der Waals surface area contributed by atoms with Crippen LogP contribution in [0, 0.1) is 0 Å². The van der Waals surface area contributed by atoms with Crippen molar-refractivity contribution in [2.75, 3.05) is 24.7 Å². The molecule has 0 bridgehead atoms. The van der Waals surface area contributed by atoms with Gasteiger partial charge in [0.2, 0.25) is 0 Å². The zero-order valence-corrected chi connectivity index (χ0v) is 21.7. The number of benzene rings is 4. The maximum absolute atomic E-state index is 13.7. The second-order valence-electron chi connectivity index (χ2n) is 8.75. The number of rotatable bonds is 8. The lowest BCUT2D eigenvalue weighted by Crippen LogP contribution is -2.39. The Labute approximate surface area is 222 Å². The first kappa shape index (κ1) is 25.6. The number of hydrogen-bond acceptors (Lipinski definition) is 4. The average Bonchev–Trinajstić information content (AvgIpc) is 2.91. The van der Waals surface area contributed by atoms with Crippen LogP contribution in [0.1, 0.15) is 35.1 Å². The molecule has 0 heterocycles. The Morgan fingerprint density at radius 2 is 1.39 bits per heavy atom. The summed E-state index contributed by atoms with van der Waals surface area (Å²) in [5.41, 5.74) is 9.81. The van der Waals surface area contributed by atoms with Crippen LogP contribution in [0.25, 0.3) is 0 Å². The molecule has 1 atom stereocenters. The van der Waals surface area contributed by atoms with Gasteiger partial charge in [-0.2, -0.15) is 0 Å². The van der Waals surface area contributed by atoms with Crippen LogP contribution in [0.2, 0.25) is 10.0 Å². The molecule has 0 aliphatic rings. The van der Waals surface area contributed by atoms with E-state index in [0.29, 0.717) is 27.8 Å². The zero-order valence-electron chi connectivity index (χ0n) is 20.2. The number of hydrogen-bond donors (Lipinski definition) is 2. The molecule has 3 N–H and O–H groups in total. The van der Waals surface area contributed by atoms with Crippen LogP contribution in [0.3, 0.4) is 0 Å². The molecule has 4 aromatic rings. The van der Waals surface area contributed by atoms with E-state index in [-0.39, 0.29) is 5.92 Å². The van der Waals surface area contributed by atoms with Gasteiger partial charge in [-0.1, -0.05) is 90.8 Å². The summed E-state index contributed by atoms with van der Waals surface area (Å²) in [5.74, 6) is -0.173. The smallest absolute Gasteiger partial charge is 0.325 e. The number of carbonyl (C=O) groups is 1. The molecule has 36 heavy (non-hydrogen) atoms. The Balaban J connectivity index is 1.84. The standard InChI is InChI=1S/C30H28Cl2N2O2/c1-20(21-6-4-3-5-7-21)19-34-28-18-24(12-17-27(28)33)30(29(35)36-2,22-8-13-25(31)14-9-22)23-10-15-26(32)16-11-23/h3-18,20,34H,19,33H2,1-2H3/t20-/m1/s1. The van der Waals surface area contributed by atoms with Crippen molar-refractivity contribution >= 4 is 40.5 Å². The molecule has 0 aliphatic carbocycles. The highest BCUT2D eigenvalue weighted by Crippen LogP contribution is 2.43. The van der Waals surface area contributed by atoms with Crippen molar-refractivity contribution in [2.24, 2.45) is 0 Å². The van der Waals surface area contributed by atoms with Crippen molar-refractivity contribution in [3.8, 4) is 0 Å². The third kappa shape index (κ3) is 5.06. The second-order valence-corrected chi connectivity index (χ2v) is 9.62. The minimum Gasteiger partial charge on any atom is -0.468 e. The Morgan fingerprint density at radius 3 is 1.92 bits per heavy atom. The second kappa shape index (κ2) is 11.1. The lowest BCUT2D eigenvalue weighted by molar-refractivity contribution is -0.144. The zero-order chi connectivity index (χ0) is 25.7. The predicted octanol–water partition coefficient (Wildman–Crippen LogP) is 7.30. The van der Waals surface area contributed by atoms with Crippen molar-refractivity contribution in [1.29, 1.82) is 0 Å². The highest BCUT2D eigenvalue weighted by molar-refractivity contribution is 6.30. The maximum Gasteiger partial charge on any atom is 0.325 e. The molecule has 0 spiro atoms. The molecule has 4 nitrogen and oxygen atoms in total. The number of halogens is 2. The van der Waals surface area contributed by atoms with E-state index in [0.717, 1.165) is 16.8 Å². The highest BCUT2D eigenvalue weighted by atomic mass is 35.5. The van der Waals surface area contributed by atoms with E-state index in [2.05, 4.69) is 24.4 Å². The number of nitrogens with two attached hydrogens (primary N) is 1. The number of nitrogen functional groups attached to an aromatic ring is 1. The Hall–Kier alpha value is -3.47. The predicted molar refractivity (Wildman–Crippen MR) is 149 cm³/mol. The minimum atomic E-state index is -1.26. The van der Waals surface area contributed by atoms with Gasteiger partial charge in [-0.15, -0.1) is 0 Å². The van der Waals surface area contributed by atoms with Gasteiger partial charge in [-0.3, -0.25) is 4.79 Å². The first-order valence-electron chi connectivity index (χ1n) is 11.7. The summed E-state index contributed by atoms with van der Waals surface area (Å²) in [4.78, 5) is 13.7. The van der Waals surface area contributed by atoms with Gasteiger partial charge in [0.25, 0.3) is 0 Å². The lowest BCUT2D eigenvalue weighted by Gasteiger charge is -2.33. The summed E-state index contributed by atoms with van der Waals surface area (Å²) in [7, 11) is 1.39. The number of ether oxygens (including phenoxy) is 1. The Kier molecular flexibility index (Phi) is 7.88. The van der Waals surface area contributed by atoms with Crippen LogP contribution in [0.5, 0.6) is 0 Å². The average molecular weight is 519 g/mol. The van der Waals surface area contributed by atoms with Crippen molar-refractivity contribution < 1.29 is 9.53 Å². The van der Waals surface area contributed by atoms with Crippen molar-refractivity contribution in [2.45, 2.75) is 18.3 Å². The summed E-state index contributed by atoms with van der Waals surface area (Å²) in [6.07, 6.45) is 0. The van der Waals surface area contributed by atoms with E-state index in [1.165, 1.54) is 12.7 Å². The fourth-order valence-electron chi connectivity index (χ4n) is 4.51. The molecule has 184 valence electrons. The largest absolute Gasteiger partial charge is 0.468 e. The van der Waals surface area contributed by atoms with Gasteiger partial charge in [0.15, 0.2) is 0 Å². The van der Waals surface area contributed by atoms with E-state index >= 15 is 0 Å². The van der Waals surface area contributed by atoms with Crippen LogP contribution >= 0.6 is 23.2 Å². The van der Waals surface area contributed by atoms with Crippen molar-refractivity contribution in [3.63, 3.8) is 0 Å². The molecular weight excluding hydrogens is 491 g/mol. The number of methoxy groups -OCH3 is 1. The first-order valence-corrected chi connectivity index (χ1v) is 12.4. The van der Waals surface area contributed by atoms with Gasteiger partial charge in [0.05, 0.1) is 18.5 Å². The van der Waals surface area contributed by atoms with Crippen LogP contribution in [-0.4, -0.2) is 19.6 Å². The monoisotopic (exact) mass is 518 g/mol. The summed E-state index contributed by atoms with van der Waals surface area (Å²) in [6.45, 7) is 2.83. The quantitative estimate of drug-likeness (QED) is 0.146. The van der Waals surface area contributed by atoms with Crippen LogP contribution in [-0.2, 0) is 14.9 Å². The fraction of sp³-hybridized carbons (Fsp3) is 0.167. The van der Waals surface area contributed by atoms with E-state index in [9.17, 15) is 4.79 Å². The molecule has 0 aliphatic heterocycles. The molecule has 0 saturated heterocycles. The molecular formula is C30H28Cl2N2O2. The van der Waals surface area contributed by atoms with Crippen LogP contribution < -0.4 is 11.1 Å². The molecule has 6 heteroatoms. The molecule has 0 saturated carbocycles.